The fraction of sp³-hybridized carbons (Fsp3) is 0.364. The molecule has 0 atom stereocenters. The molecule has 0 fully saturated rings. The Morgan fingerprint density at radius 1 is 0.897 bits per heavy atom. The predicted molar refractivity (Wildman–Crippen MR) is 112 cm³/mol. The minimum absolute atomic E-state index is 0.0855. The molecular weight excluding hydrogens is 370 g/mol. The molecule has 2 aromatic carbocycles. The molecule has 7 heteroatoms. The SMILES string of the molecule is CCOc1ccc(C(=O)NCC(=O)NCc2ccc(OCCN(C)C)cc2)cc1. The van der Waals surface area contributed by atoms with Crippen LogP contribution in [0, 0.1) is 0 Å². The van der Waals surface area contributed by atoms with Crippen molar-refractivity contribution >= 4 is 11.8 Å². The lowest BCUT2D eigenvalue weighted by molar-refractivity contribution is -0.120. The lowest BCUT2D eigenvalue weighted by Gasteiger charge is -2.11. The Hall–Kier alpha value is -3.06. The van der Waals surface area contributed by atoms with Gasteiger partial charge in [-0.3, -0.25) is 9.59 Å². The van der Waals surface area contributed by atoms with E-state index in [1.165, 1.54) is 0 Å². The van der Waals surface area contributed by atoms with Crippen LogP contribution in [0.3, 0.4) is 0 Å². The Bertz CT molecular complexity index is 774. The second-order valence-electron chi connectivity index (χ2n) is 6.71. The fourth-order valence-corrected chi connectivity index (χ4v) is 2.44. The first kappa shape index (κ1) is 22.2. The standard InChI is InChI=1S/C22H29N3O4/c1-4-28-19-11-7-18(8-12-19)22(27)24-16-21(26)23-15-17-5-9-20(10-6-17)29-14-13-25(2)3/h5-12H,4,13-16H2,1-3H3,(H,23,26)(H,24,27). The van der Waals surface area contributed by atoms with E-state index in [1.807, 2.05) is 45.3 Å². The number of ether oxygens (including phenoxy) is 2. The number of rotatable bonds is 11. The highest BCUT2D eigenvalue weighted by atomic mass is 16.5. The van der Waals surface area contributed by atoms with E-state index in [0.29, 0.717) is 31.1 Å². The molecule has 2 amide bonds. The average molecular weight is 399 g/mol. The van der Waals surface area contributed by atoms with E-state index < -0.39 is 0 Å². The fourth-order valence-electron chi connectivity index (χ4n) is 2.44. The Morgan fingerprint density at radius 3 is 2.14 bits per heavy atom. The summed E-state index contributed by atoms with van der Waals surface area (Å²) in [6.45, 7) is 4.23. The van der Waals surface area contributed by atoms with Gasteiger partial charge in [-0.05, 0) is 63.0 Å². The largest absolute Gasteiger partial charge is 0.494 e. The van der Waals surface area contributed by atoms with Crippen molar-refractivity contribution in [3.8, 4) is 11.5 Å². The van der Waals surface area contributed by atoms with Gasteiger partial charge in [0, 0.05) is 18.7 Å². The topological polar surface area (TPSA) is 79.9 Å². The molecule has 0 aliphatic carbocycles. The number of likely N-dealkylation sites (N-methyl/N-ethyl adjacent to an activating group) is 1. The van der Waals surface area contributed by atoms with E-state index in [4.69, 9.17) is 9.47 Å². The monoisotopic (exact) mass is 399 g/mol. The van der Waals surface area contributed by atoms with E-state index in [0.717, 1.165) is 17.9 Å². The van der Waals surface area contributed by atoms with Gasteiger partial charge in [0.25, 0.3) is 5.91 Å². The van der Waals surface area contributed by atoms with E-state index in [2.05, 4.69) is 15.5 Å². The van der Waals surface area contributed by atoms with Crippen molar-refractivity contribution in [1.29, 1.82) is 0 Å². The molecule has 7 nitrogen and oxygen atoms in total. The van der Waals surface area contributed by atoms with E-state index in [1.54, 1.807) is 24.3 Å². The summed E-state index contributed by atoms with van der Waals surface area (Å²) in [6, 6.07) is 14.4. The summed E-state index contributed by atoms with van der Waals surface area (Å²) in [4.78, 5) is 26.2. The van der Waals surface area contributed by atoms with Crippen LogP contribution in [0.15, 0.2) is 48.5 Å². The molecule has 156 valence electrons. The molecule has 2 rings (SSSR count). The van der Waals surface area contributed by atoms with Crippen molar-refractivity contribution < 1.29 is 19.1 Å². The van der Waals surface area contributed by atoms with E-state index >= 15 is 0 Å². The van der Waals surface area contributed by atoms with Gasteiger partial charge in [-0.15, -0.1) is 0 Å². The third-order valence-electron chi connectivity index (χ3n) is 4.06. The second-order valence-corrected chi connectivity index (χ2v) is 6.71. The number of amides is 2. The number of hydrogen-bond donors (Lipinski definition) is 2. The molecular formula is C22H29N3O4. The van der Waals surface area contributed by atoms with Gasteiger partial charge in [0.2, 0.25) is 5.91 Å². The maximum Gasteiger partial charge on any atom is 0.251 e. The number of nitrogens with zero attached hydrogens (tertiary/aromatic N) is 1. The van der Waals surface area contributed by atoms with E-state index in [-0.39, 0.29) is 18.4 Å². The third-order valence-corrected chi connectivity index (χ3v) is 4.06. The van der Waals surface area contributed by atoms with Crippen LogP contribution in [-0.4, -0.2) is 57.1 Å². The number of carbonyl (C=O) groups excluding carboxylic acids is 2. The highest BCUT2D eigenvalue weighted by Gasteiger charge is 2.08. The summed E-state index contributed by atoms with van der Waals surface area (Å²) >= 11 is 0. The van der Waals surface area contributed by atoms with Crippen LogP contribution in [0.2, 0.25) is 0 Å². The van der Waals surface area contributed by atoms with Crippen molar-refractivity contribution in [2.24, 2.45) is 0 Å². The predicted octanol–water partition coefficient (Wildman–Crippen LogP) is 2.07. The molecule has 0 bridgehead atoms. The zero-order valence-electron chi connectivity index (χ0n) is 17.2. The first-order valence-electron chi connectivity index (χ1n) is 9.62. The Morgan fingerprint density at radius 2 is 1.52 bits per heavy atom. The Labute approximate surface area is 172 Å². The van der Waals surface area contributed by atoms with Gasteiger partial charge in [-0.25, -0.2) is 0 Å². The van der Waals surface area contributed by atoms with Crippen LogP contribution >= 0.6 is 0 Å². The van der Waals surface area contributed by atoms with Gasteiger partial charge in [-0.1, -0.05) is 12.1 Å². The molecule has 0 spiro atoms. The summed E-state index contributed by atoms with van der Waals surface area (Å²) in [5.74, 6) is 0.943. The number of hydrogen-bond acceptors (Lipinski definition) is 5. The molecule has 29 heavy (non-hydrogen) atoms. The van der Waals surface area contributed by atoms with Gasteiger partial charge >= 0.3 is 0 Å². The lowest BCUT2D eigenvalue weighted by atomic mass is 10.2. The van der Waals surface area contributed by atoms with Crippen LogP contribution in [0.1, 0.15) is 22.8 Å². The average Bonchev–Trinajstić information content (AvgIpc) is 2.72. The Balaban J connectivity index is 1.70. The molecule has 0 heterocycles. The van der Waals surface area contributed by atoms with E-state index in [9.17, 15) is 9.59 Å². The second kappa shape index (κ2) is 11.7. The summed E-state index contributed by atoms with van der Waals surface area (Å²) in [5.41, 5.74) is 1.43. The third kappa shape index (κ3) is 8.23. The molecule has 0 radical (unpaired) electrons. The molecule has 0 aliphatic rings. The quantitative estimate of drug-likeness (QED) is 0.605. The molecule has 0 aromatic heterocycles. The Kier molecular flexibility index (Phi) is 8.98. The number of nitrogens with one attached hydrogen (secondary N) is 2. The van der Waals surface area contributed by atoms with Gasteiger partial charge in [-0.2, -0.15) is 0 Å². The van der Waals surface area contributed by atoms with Crippen LogP contribution < -0.4 is 20.1 Å². The summed E-state index contributed by atoms with van der Waals surface area (Å²) in [5, 5.41) is 5.40. The van der Waals surface area contributed by atoms with Crippen molar-refractivity contribution in [2.45, 2.75) is 13.5 Å². The maximum absolute atomic E-state index is 12.1. The summed E-state index contributed by atoms with van der Waals surface area (Å²) in [6.07, 6.45) is 0. The van der Waals surface area contributed by atoms with Crippen LogP contribution in [0.4, 0.5) is 0 Å². The minimum atomic E-state index is -0.303. The van der Waals surface area contributed by atoms with Crippen molar-refractivity contribution in [3.05, 3.63) is 59.7 Å². The lowest BCUT2D eigenvalue weighted by Crippen LogP contribution is -2.36. The first-order valence-corrected chi connectivity index (χ1v) is 9.62. The zero-order valence-corrected chi connectivity index (χ0v) is 17.2. The van der Waals surface area contributed by atoms with Crippen LogP contribution in [0.5, 0.6) is 11.5 Å². The smallest absolute Gasteiger partial charge is 0.251 e. The normalized spacial score (nSPS) is 10.5. The number of benzene rings is 2. The number of carbonyl (C=O) groups is 2. The van der Waals surface area contributed by atoms with Gasteiger partial charge in [0.1, 0.15) is 18.1 Å². The molecule has 2 N–H and O–H groups in total. The van der Waals surface area contributed by atoms with Gasteiger partial charge in [0.05, 0.1) is 13.2 Å². The van der Waals surface area contributed by atoms with Crippen molar-refractivity contribution in [3.63, 3.8) is 0 Å². The van der Waals surface area contributed by atoms with Crippen LogP contribution in [-0.2, 0) is 11.3 Å². The maximum atomic E-state index is 12.1. The zero-order chi connectivity index (χ0) is 21.1. The molecule has 0 unspecified atom stereocenters. The van der Waals surface area contributed by atoms with Crippen molar-refractivity contribution in [1.82, 2.24) is 15.5 Å². The summed E-state index contributed by atoms with van der Waals surface area (Å²) in [7, 11) is 3.99. The highest BCUT2D eigenvalue weighted by Crippen LogP contribution is 2.13. The highest BCUT2D eigenvalue weighted by molar-refractivity contribution is 5.96. The van der Waals surface area contributed by atoms with Gasteiger partial charge < -0.3 is 25.0 Å². The molecule has 0 saturated heterocycles. The molecule has 0 saturated carbocycles. The summed E-state index contributed by atoms with van der Waals surface area (Å²) < 4.78 is 11.0. The van der Waals surface area contributed by atoms with Gasteiger partial charge in [0.15, 0.2) is 0 Å². The molecule has 0 aliphatic heterocycles. The molecule has 2 aromatic rings. The van der Waals surface area contributed by atoms with Crippen LogP contribution in [0.25, 0.3) is 0 Å². The minimum Gasteiger partial charge on any atom is -0.494 e. The first-order chi connectivity index (χ1) is 14.0. The van der Waals surface area contributed by atoms with Crippen molar-refractivity contribution in [2.75, 3.05) is 40.4 Å².